The van der Waals surface area contributed by atoms with Gasteiger partial charge in [0, 0.05) is 17.8 Å². The van der Waals surface area contributed by atoms with Gasteiger partial charge >= 0.3 is 5.97 Å². The molecule has 0 aliphatic heterocycles. The fourth-order valence-electron chi connectivity index (χ4n) is 6.55. The highest BCUT2D eigenvalue weighted by molar-refractivity contribution is 5.66. The average Bonchev–Trinajstić information content (AvgIpc) is 2.79. The monoisotopic (exact) mass is 348 g/mol. The lowest BCUT2D eigenvalue weighted by molar-refractivity contribution is -0.159. The molecule has 0 saturated heterocycles. The van der Waals surface area contributed by atoms with E-state index in [4.69, 9.17) is 4.74 Å². The Morgan fingerprint density at radius 3 is 2.84 bits per heavy atom. The molecule has 0 spiro atoms. The van der Waals surface area contributed by atoms with Crippen molar-refractivity contribution in [3.8, 4) is 0 Å². The summed E-state index contributed by atoms with van der Waals surface area (Å²) < 4.78 is 20.2. The summed E-state index contributed by atoms with van der Waals surface area (Å²) in [5.41, 5.74) is 1.07. The first-order valence-electron chi connectivity index (χ1n) is 9.64. The Morgan fingerprint density at radius 1 is 1.36 bits per heavy atom. The molecule has 3 nitrogen and oxygen atoms in total. The fourth-order valence-corrected chi connectivity index (χ4v) is 6.55. The molecule has 4 heteroatoms. The van der Waals surface area contributed by atoms with Crippen LogP contribution in [0.3, 0.4) is 0 Å². The minimum Gasteiger partial charge on any atom is -0.459 e. The lowest BCUT2D eigenvalue weighted by Gasteiger charge is -2.56. The third-order valence-corrected chi connectivity index (χ3v) is 7.82. The van der Waals surface area contributed by atoms with Gasteiger partial charge in [0.05, 0.1) is 6.10 Å². The first kappa shape index (κ1) is 17.3. The topological polar surface area (TPSA) is 46.5 Å². The Labute approximate surface area is 149 Å². The summed E-state index contributed by atoms with van der Waals surface area (Å²) in [6.07, 6.45) is 8.49. The molecule has 0 amide bonds. The van der Waals surface area contributed by atoms with E-state index in [9.17, 15) is 14.3 Å². The molecular formula is C21H29FO3. The molecule has 0 unspecified atom stereocenters. The summed E-state index contributed by atoms with van der Waals surface area (Å²) >= 11 is 0. The van der Waals surface area contributed by atoms with Crippen molar-refractivity contribution in [1.29, 1.82) is 0 Å². The van der Waals surface area contributed by atoms with Gasteiger partial charge in [-0.15, -0.1) is 0 Å². The van der Waals surface area contributed by atoms with E-state index in [-0.39, 0.29) is 28.8 Å². The molecule has 4 aliphatic carbocycles. The maximum atomic E-state index is 14.8. The van der Waals surface area contributed by atoms with Crippen LogP contribution in [0.15, 0.2) is 23.8 Å². The summed E-state index contributed by atoms with van der Waals surface area (Å²) in [7, 11) is 0. The summed E-state index contributed by atoms with van der Waals surface area (Å²) in [6.45, 7) is 5.79. The second-order valence-corrected chi connectivity index (χ2v) is 9.08. The molecule has 2 fully saturated rings. The number of carbonyl (C=O) groups excluding carboxylic acids is 1. The second-order valence-electron chi connectivity index (χ2n) is 9.08. The Hall–Kier alpha value is -1.16. The van der Waals surface area contributed by atoms with Crippen molar-refractivity contribution in [3.63, 3.8) is 0 Å². The van der Waals surface area contributed by atoms with Gasteiger partial charge in [-0.25, -0.2) is 4.39 Å². The largest absolute Gasteiger partial charge is 0.459 e. The Morgan fingerprint density at radius 2 is 2.12 bits per heavy atom. The van der Waals surface area contributed by atoms with Crippen molar-refractivity contribution in [2.24, 2.45) is 28.6 Å². The van der Waals surface area contributed by atoms with Crippen molar-refractivity contribution in [1.82, 2.24) is 0 Å². The van der Waals surface area contributed by atoms with Gasteiger partial charge < -0.3 is 9.84 Å². The van der Waals surface area contributed by atoms with E-state index in [1.807, 2.05) is 6.08 Å². The Kier molecular flexibility index (Phi) is 3.91. The molecule has 0 radical (unpaired) electrons. The van der Waals surface area contributed by atoms with Gasteiger partial charge in [0.2, 0.25) is 0 Å². The van der Waals surface area contributed by atoms with Crippen LogP contribution in [0, 0.1) is 28.6 Å². The lowest BCUT2D eigenvalue weighted by Crippen LogP contribution is -2.51. The number of alkyl halides is 1. The molecule has 1 N–H and O–H groups in total. The molecule has 0 heterocycles. The van der Waals surface area contributed by atoms with Crippen molar-refractivity contribution in [2.45, 2.75) is 71.3 Å². The average molecular weight is 348 g/mol. The van der Waals surface area contributed by atoms with E-state index in [0.29, 0.717) is 18.3 Å². The first-order chi connectivity index (χ1) is 11.8. The van der Waals surface area contributed by atoms with E-state index in [2.05, 4.69) is 26.0 Å². The maximum absolute atomic E-state index is 14.8. The highest BCUT2D eigenvalue weighted by Crippen LogP contribution is 2.64. The van der Waals surface area contributed by atoms with Crippen molar-refractivity contribution in [2.75, 3.05) is 0 Å². The number of carbonyl (C=O) groups is 1. The van der Waals surface area contributed by atoms with Crippen LogP contribution in [0.2, 0.25) is 0 Å². The fraction of sp³-hybridized carbons (Fsp3) is 0.762. The highest BCUT2D eigenvalue weighted by Gasteiger charge is 2.62. The van der Waals surface area contributed by atoms with Crippen LogP contribution in [0.4, 0.5) is 4.39 Å². The van der Waals surface area contributed by atoms with Gasteiger partial charge in [0.25, 0.3) is 0 Å². The van der Waals surface area contributed by atoms with Crippen molar-refractivity contribution < 1.29 is 19.0 Å². The number of allylic oxidation sites excluding steroid dienone is 2. The molecular weight excluding hydrogens is 319 g/mol. The summed E-state index contributed by atoms with van der Waals surface area (Å²) in [5, 5.41) is 9.98. The number of hydrogen-bond acceptors (Lipinski definition) is 3. The van der Waals surface area contributed by atoms with E-state index in [0.717, 1.165) is 25.7 Å². The molecule has 0 aromatic heterocycles. The summed E-state index contributed by atoms with van der Waals surface area (Å²) in [5.74, 6) is 0.780. The third-order valence-electron chi connectivity index (χ3n) is 7.82. The Balaban J connectivity index is 1.66. The smallest absolute Gasteiger partial charge is 0.303 e. The molecule has 2 saturated carbocycles. The highest BCUT2D eigenvalue weighted by atomic mass is 19.1. The molecule has 25 heavy (non-hydrogen) atoms. The SMILES string of the molecule is CC(=O)O[C@H]1[C@H](F)C[C@H]2[C@@H]3CC=C4C[C@@H](O)C=C[C@]4(C)[C@H]3CC[C@@]21C. The van der Waals surface area contributed by atoms with E-state index in [1.165, 1.54) is 12.5 Å². The standard InChI is InChI=1S/C21H29FO3/c1-12(23)25-19-18(22)11-17-15-5-4-13-10-14(24)6-8-20(13,2)16(15)7-9-21(17,19)3/h4,6,8,14-19,24H,5,7,9-11H2,1-3H3/t14-,15+,16-,17-,18+,19-,20-,21-/m0/s1. The van der Waals surface area contributed by atoms with Crippen LogP contribution in [-0.2, 0) is 9.53 Å². The normalized spacial score (nSPS) is 51.2. The van der Waals surface area contributed by atoms with Crippen molar-refractivity contribution >= 4 is 5.97 Å². The second kappa shape index (κ2) is 5.67. The van der Waals surface area contributed by atoms with Gasteiger partial charge in [-0.1, -0.05) is 37.6 Å². The number of esters is 1. The van der Waals surface area contributed by atoms with Crippen LogP contribution in [0.1, 0.15) is 52.9 Å². The summed E-state index contributed by atoms with van der Waals surface area (Å²) in [4.78, 5) is 11.5. The molecule has 138 valence electrons. The molecule has 0 bridgehead atoms. The molecule has 4 aliphatic rings. The van der Waals surface area contributed by atoms with Crippen LogP contribution in [0.5, 0.6) is 0 Å². The quantitative estimate of drug-likeness (QED) is 0.576. The van der Waals surface area contributed by atoms with Gasteiger partial charge in [-0.3, -0.25) is 4.79 Å². The van der Waals surface area contributed by atoms with Crippen LogP contribution < -0.4 is 0 Å². The lowest BCUT2D eigenvalue weighted by atomic mass is 9.49. The number of rotatable bonds is 1. The van der Waals surface area contributed by atoms with E-state index < -0.39 is 12.3 Å². The summed E-state index contributed by atoms with van der Waals surface area (Å²) in [6, 6.07) is 0. The van der Waals surface area contributed by atoms with Gasteiger partial charge in [0.1, 0.15) is 12.3 Å². The van der Waals surface area contributed by atoms with Crippen LogP contribution in [-0.4, -0.2) is 29.5 Å². The predicted molar refractivity (Wildman–Crippen MR) is 93.4 cm³/mol. The van der Waals surface area contributed by atoms with Crippen LogP contribution >= 0.6 is 0 Å². The van der Waals surface area contributed by atoms with E-state index >= 15 is 0 Å². The number of fused-ring (bicyclic) bond motifs is 5. The first-order valence-corrected chi connectivity index (χ1v) is 9.64. The predicted octanol–water partition coefficient (Wildman–Crippen LogP) is 3.97. The van der Waals surface area contributed by atoms with E-state index in [1.54, 1.807) is 0 Å². The number of hydrogen-bond donors (Lipinski definition) is 1. The molecule has 8 atom stereocenters. The molecule has 0 aromatic carbocycles. The van der Waals surface area contributed by atoms with Crippen molar-refractivity contribution in [3.05, 3.63) is 23.8 Å². The Bertz CT molecular complexity index is 641. The van der Waals surface area contributed by atoms with Gasteiger partial charge in [0.15, 0.2) is 0 Å². The minimum absolute atomic E-state index is 0.0190. The minimum atomic E-state index is -1.06. The van der Waals surface area contributed by atoms with Crippen LogP contribution in [0.25, 0.3) is 0 Å². The molecule has 0 aromatic rings. The zero-order chi connectivity index (χ0) is 18.0. The zero-order valence-corrected chi connectivity index (χ0v) is 15.4. The maximum Gasteiger partial charge on any atom is 0.303 e. The van der Waals surface area contributed by atoms with Gasteiger partial charge in [-0.05, 0) is 49.9 Å². The third kappa shape index (κ3) is 2.43. The number of halogens is 1. The molecule has 4 rings (SSSR count). The number of aliphatic hydroxyl groups excluding tert-OH is 1. The number of aliphatic hydroxyl groups is 1. The zero-order valence-electron chi connectivity index (χ0n) is 15.4. The van der Waals surface area contributed by atoms with Gasteiger partial charge in [-0.2, -0.15) is 0 Å². The number of ether oxygens (including phenoxy) is 1.